The number of ether oxygens (including phenoxy) is 1. The van der Waals surface area contributed by atoms with Gasteiger partial charge in [-0.25, -0.2) is 8.42 Å². The van der Waals surface area contributed by atoms with Gasteiger partial charge in [0.15, 0.2) is 0 Å². The highest BCUT2D eigenvalue weighted by Crippen LogP contribution is 2.27. The van der Waals surface area contributed by atoms with E-state index in [0.29, 0.717) is 23.8 Å². The molecule has 2 aromatic carbocycles. The summed E-state index contributed by atoms with van der Waals surface area (Å²) in [6.45, 7) is 6.05. The molecule has 0 heterocycles. The number of aryl methyl sites for hydroxylation is 1. The molecular weight excluding hydrogens is 388 g/mol. The van der Waals surface area contributed by atoms with Crippen LogP contribution in [0.2, 0.25) is 5.02 Å². The van der Waals surface area contributed by atoms with Crippen molar-refractivity contribution in [2.75, 3.05) is 25.5 Å². The van der Waals surface area contributed by atoms with Crippen LogP contribution in [-0.2, 0) is 10.0 Å². The Labute approximate surface area is 165 Å². The van der Waals surface area contributed by atoms with E-state index in [1.807, 2.05) is 6.92 Å². The first kappa shape index (κ1) is 21.2. The number of carbonyl (C=O) groups is 1. The van der Waals surface area contributed by atoms with E-state index in [-0.39, 0.29) is 16.2 Å². The third kappa shape index (κ3) is 4.61. The van der Waals surface area contributed by atoms with Crippen molar-refractivity contribution in [2.45, 2.75) is 25.7 Å². The van der Waals surface area contributed by atoms with E-state index in [2.05, 4.69) is 5.32 Å². The Bertz CT molecular complexity index is 941. The molecule has 0 unspecified atom stereocenters. The molecule has 1 N–H and O–H groups in total. The normalized spacial score (nSPS) is 11.5. The summed E-state index contributed by atoms with van der Waals surface area (Å²) < 4.78 is 32.1. The lowest BCUT2D eigenvalue weighted by atomic mass is 10.1. The lowest BCUT2D eigenvalue weighted by molar-refractivity contribution is 0.102. The summed E-state index contributed by atoms with van der Waals surface area (Å²) in [5.74, 6) is -0.195. The lowest BCUT2D eigenvalue weighted by Crippen LogP contribution is -2.30. The van der Waals surface area contributed by atoms with Crippen molar-refractivity contribution >= 4 is 33.2 Å². The number of nitrogens with one attached hydrogen (secondary N) is 1. The quantitative estimate of drug-likeness (QED) is 0.750. The number of anilines is 1. The van der Waals surface area contributed by atoms with Gasteiger partial charge in [0.25, 0.3) is 5.91 Å². The predicted molar refractivity (Wildman–Crippen MR) is 107 cm³/mol. The highest BCUT2D eigenvalue weighted by atomic mass is 35.5. The minimum Gasteiger partial charge on any atom is -0.496 e. The van der Waals surface area contributed by atoms with Gasteiger partial charge in [-0.2, -0.15) is 4.31 Å². The molecule has 0 radical (unpaired) electrons. The summed E-state index contributed by atoms with van der Waals surface area (Å²) in [5.41, 5.74) is 1.51. The van der Waals surface area contributed by atoms with Crippen LogP contribution in [0.3, 0.4) is 0 Å². The van der Waals surface area contributed by atoms with E-state index >= 15 is 0 Å². The molecule has 27 heavy (non-hydrogen) atoms. The molecule has 0 fully saturated rings. The van der Waals surface area contributed by atoms with Crippen LogP contribution >= 0.6 is 11.6 Å². The zero-order chi connectivity index (χ0) is 20.2. The van der Waals surface area contributed by atoms with Crippen molar-refractivity contribution < 1.29 is 17.9 Å². The Morgan fingerprint density at radius 3 is 2.41 bits per heavy atom. The zero-order valence-corrected chi connectivity index (χ0v) is 17.3. The van der Waals surface area contributed by atoms with E-state index in [9.17, 15) is 13.2 Å². The number of amides is 1. The maximum atomic E-state index is 12.8. The number of hydrogen-bond donors (Lipinski definition) is 1. The summed E-state index contributed by atoms with van der Waals surface area (Å²) in [6.07, 6.45) is 0. The van der Waals surface area contributed by atoms with E-state index in [1.165, 1.54) is 29.6 Å². The van der Waals surface area contributed by atoms with Gasteiger partial charge >= 0.3 is 0 Å². The average Bonchev–Trinajstić information content (AvgIpc) is 2.64. The maximum absolute atomic E-state index is 12.8. The first-order valence-electron chi connectivity index (χ1n) is 8.50. The maximum Gasteiger partial charge on any atom is 0.259 e. The van der Waals surface area contributed by atoms with Crippen LogP contribution in [0.15, 0.2) is 41.3 Å². The van der Waals surface area contributed by atoms with Crippen LogP contribution in [0.4, 0.5) is 5.69 Å². The van der Waals surface area contributed by atoms with Crippen LogP contribution in [0.25, 0.3) is 0 Å². The fourth-order valence-corrected chi connectivity index (χ4v) is 4.31. The number of benzene rings is 2. The van der Waals surface area contributed by atoms with Gasteiger partial charge < -0.3 is 10.1 Å². The predicted octanol–water partition coefficient (Wildman–Crippen LogP) is 3.94. The van der Waals surface area contributed by atoms with Gasteiger partial charge in [0.1, 0.15) is 5.75 Å². The molecule has 0 bridgehead atoms. The number of hydrogen-bond acceptors (Lipinski definition) is 4. The summed E-state index contributed by atoms with van der Waals surface area (Å²) in [7, 11) is -2.27. The van der Waals surface area contributed by atoms with Crippen LogP contribution in [-0.4, -0.2) is 38.8 Å². The summed E-state index contributed by atoms with van der Waals surface area (Å²) in [4.78, 5) is 12.8. The molecule has 0 aliphatic carbocycles. The fraction of sp³-hybridized carbons (Fsp3) is 0.316. The number of rotatable bonds is 7. The molecule has 0 aliphatic rings. The van der Waals surface area contributed by atoms with Gasteiger partial charge in [0, 0.05) is 23.8 Å². The van der Waals surface area contributed by atoms with E-state index < -0.39 is 15.9 Å². The number of sulfonamides is 1. The summed E-state index contributed by atoms with van der Waals surface area (Å²) in [6, 6.07) is 9.41. The highest BCUT2D eigenvalue weighted by molar-refractivity contribution is 7.89. The Morgan fingerprint density at radius 1 is 1.15 bits per heavy atom. The number of methoxy groups -OCH3 is 1. The Kier molecular flexibility index (Phi) is 6.86. The molecule has 2 rings (SSSR count). The van der Waals surface area contributed by atoms with Crippen molar-refractivity contribution in [1.82, 2.24) is 4.31 Å². The monoisotopic (exact) mass is 410 g/mol. The third-order valence-corrected chi connectivity index (χ3v) is 6.49. The molecule has 0 aromatic heterocycles. The minimum absolute atomic E-state index is 0.0416. The second-order valence-electron chi connectivity index (χ2n) is 5.86. The van der Waals surface area contributed by atoms with Gasteiger partial charge in [0.05, 0.1) is 17.6 Å². The molecule has 146 valence electrons. The molecule has 8 heteroatoms. The van der Waals surface area contributed by atoms with Gasteiger partial charge in [-0.1, -0.05) is 31.5 Å². The van der Waals surface area contributed by atoms with Gasteiger partial charge in [-0.3, -0.25) is 4.79 Å². The van der Waals surface area contributed by atoms with E-state index in [0.717, 1.165) is 5.56 Å². The molecular formula is C19H23ClN2O4S. The van der Waals surface area contributed by atoms with Crippen molar-refractivity contribution in [1.29, 1.82) is 0 Å². The Morgan fingerprint density at radius 2 is 1.81 bits per heavy atom. The molecule has 1 amide bonds. The number of nitrogens with zero attached hydrogens (tertiary/aromatic N) is 1. The van der Waals surface area contributed by atoms with Gasteiger partial charge in [-0.05, 0) is 42.8 Å². The first-order valence-corrected chi connectivity index (χ1v) is 10.3. The average molecular weight is 411 g/mol. The SMILES string of the molecule is CCN(CC)S(=O)(=O)c1ccc(OC)c(C(=O)Nc2cc(Cl)ccc2C)c1. The number of carbonyl (C=O) groups excluding carboxylic acids is 1. The highest BCUT2D eigenvalue weighted by Gasteiger charge is 2.24. The van der Waals surface area contributed by atoms with Crippen LogP contribution < -0.4 is 10.1 Å². The molecule has 6 nitrogen and oxygen atoms in total. The van der Waals surface area contributed by atoms with Gasteiger partial charge in [-0.15, -0.1) is 0 Å². The molecule has 0 atom stereocenters. The molecule has 2 aromatic rings. The molecule has 0 saturated carbocycles. The summed E-state index contributed by atoms with van der Waals surface area (Å²) >= 11 is 6.00. The van der Waals surface area contributed by atoms with Crippen molar-refractivity contribution in [3.05, 3.63) is 52.5 Å². The minimum atomic E-state index is -3.69. The standard InChI is InChI=1S/C19H23ClN2O4S/c1-5-22(6-2)27(24,25)15-9-10-18(26-4)16(12-15)19(23)21-17-11-14(20)8-7-13(17)3/h7-12H,5-6H2,1-4H3,(H,21,23). The van der Waals surface area contributed by atoms with Crippen molar-refractivity contribution in [2.24, 2.45) is 0 Å². The van der Waals surface area contributed by atoms with Crippen LogP contribution in [0.5, 0.6) is 5.75 Å². The Balaban J connectivity index is 2.46. The Hall–Kier alpha value is -2.09. The number of halogens is 1. The van der Waals surface area contributed by atoms with Crippen molar-refractivity contribution in [3.8, 4) is 5.75 Å². The second kappa shape index (κ2) is 8.73. The fourth-order valence-electron chi connectivity index (χ4n) is 2.66. The van der Waals surface area contributed by atoms with E-state index in [1.54, 1.807) is 32.0 Å². The van der Waals surface area contributed by atoms with E-state index in [4.69, 9.17) is 16.3 Å². The molecule has 0 spiro atoms. The lowest BCUT2D eigenvalue weighted by Gasteiger charge is -2.19. The molecule has 0 saturated heterocycles. The van der Waals surface area contributed by atoms with Crippen LogP contribution in [0.1, 0.15) is 29.8 Å². The topological polar surface area (TPSA) is 75.7 Å². The van der Waals surface area contributed by atoms with Crippen molar-refractivity contribution in [3.63, 3.8) is 0 Å². The third-order valence-electron chi connectivity index (χ3n) is 4.21. The summed E-state index contributed by atoms with van der Waals surface area (Å²) in [5, 5.41) is 3.25. The zero-order valence-electron chi connectivity index (χ0n) is 15.7. The van der Waals surface area contributed by atoms with Gasteiger partial charge in [0.2, 0.25) is 10.0 Å². The van der Waals surface area contributed by atoms with Crippen LogP contribution in [0, 0.1) is 6.92 Å². The largest absolute Gasteiger partial charge is 0.496 e. The smallest absolute Gasteiger partial charge is 0.259 e. The second-order valence-corrected chi connectivity index (χ2v) is 8.24. The first-order chi connectivity index (χ1) is 12.7. The molecule has 0 aliphatic heterocycles.